The molecule has 0 saturated heterocycles. The highest BCUT2D eigenvalue weighted by Crippen LogP contribution is 2.37. The van der Waals surface area contributed by atoms with Crippen LogP contribution in [0.5, 0.6) is 0 Å². The number of aliphatic hydroxyl groups excluding tert-OH is 1. The van der Waals surface area contributed by atoms with E-state index in [0.29, 0.717) is 18.5 Å². The molecule has 2 N–H and O–H groups in total. The standard InChI is InChI=1S/C18H20ClNO/c19-16-8-4-7-14(9-16)15-10-17(11-15)20-12-18(21)13-5-2-1-3-6-13/h1-9,15,17-18,20-21H,10-12H2. The van der Waals surface area contributed by atoms with Crippen molar-refractivity contribution >= 4 is 11.6 Å². The molecular weight excluding hydrogens is 282 g/mol. The second kappa shape index (κ2) is 6.61. The third-order valence-electron chi connectivity index (χ3n) is 4.24. The minimum Gasteiger partial charge on any atom is -0.387 e. The van der Waals surface area contributed by atoms with Crippen LogP contribution >= 0.6 is 11.6 Å². The van der Waals surface area contributed by atoms with E-state index in [9.17, 15) is 5.11 Å². The molecular formula is C18H20ClNO. The lowest BCUT2D eigenvalue weighted by Crippen LogP contribution is -2.41. The van der Waals surface area contributed by atoms with E-state index in [0.717, 1.165) is 23.4 Å². The lowest BCUT2D eigenvalue weighted by Gasteiger charge is -2.37. The zero-order chi connectivity index (χ0) is 14.7. The van der Waals surface area contributed by atoms with Crippen molar-refractivity contribution in [3.05, 3.63) is 70.7 Å². The highest BCUT2D eigenvalue weighted by Gasteiger charge is 2.30. The lowest BCUT2D eigenvalue weighted by molar-refractivity contribution is 0.157. The maximum atomic E-state index is 10.1. The molecule has 0 spiro atoms. The number of nitrogens with one attached hydrogen (secondary N) is 1. The second-order valence-electron chi connectivity index (χ2n) is 5.75. The van der Waals surface area contributed by atoms with Gasteiger partial charge in [0.05, 0.1) is 6.10 Å². The van der Waals surface area contributed by atoms with Crippen LogP contribution in [0.4, 0.5) is 0 Å². The first-order valence-electron chi connectivity index (χ1n) is 7.44. The van der Waals surface area contributed by atoms with Crippen LogP contribution in [0, 0.1) is 0 Å². The summed E-state index contributed by atoms with van der Waals surface area (Å²) in [5.74, 6) is 0.593. The number of aliphatic hydroxyl groups is 1. The normalized spacial score (nSPS) is 22.6. The van der Waals surface area contributed by atoms with Crippen LogP contribution in [0.25, 0.3) is 0 Å². The molecule has 1 aliphatic carbocycles. The molecule has 110 valence electrons. The van der Waals surface area contributed by atoms with Crippen molar-refractivity contribution in [2.24, 2.45) is 0 Å². The Balaban J connectivity index is 1.45. The molecule has 0 aliphatic heterocycles. The zero-order valence-electron chi connectivity index (χ0n) is 11.9. The molecule has 1 fully saturated rings. The van der Waals surface area contributed by atoms with Crippen LogP contribution in [-0.2, 0) is 0 Å². The van der Waals surface area contributed by atoms with Crippen LogP contribution < -0.4 is 5.32 Å². The Hall–Kier alpha value is -1.35. The predicted molar refractivity (Wildman–Crippen MR) is 86.6 cm³/mol. The fourth-order valence-corrected chi connectivity index (χ4v) is 3.09. The molecule has 1 atom stereocenters. The van der Waals surface area contributed by atoms with Gasteiger partial charge in [-0.1, -0.05) is 54.1 Å². The zero-order valence-corrected chi connectivity index (χ0v) is 12.6. The average molecular weight is 302 g/mol. The van der Waals surface area contributed by atoms with Crippen LogP contribution in [-0.4, -0.2) is 17.7 Å². The first-order chi connectivity index (χ1) is 10.2. The van der Waals surface area contributed by atoms with Crippen molar-refractivity contribution in [2.75, 3.05) is 6.54 Å². The maximum absolute atomic E-state index is 10.1. The summed E-state index contributed by atoms with van der Waals surface area (Å²) in [6.07, 6.45) is 1.79. The average Bonchev–Trinajstić information content (AvgIpc) is 2.46. The third kappa shape index (κ3) is 3.65. The van der Waals surface area contributed by atoms with Gasteiger partial charge in [0, 0.05) is 17.6 Å². The van der Waals surface area contributed by atoms with E-state index in [4.69, 9.17) is 11.6 Å². The molecule has 3 heteroatoms. The van der Waals surface area contributed by atoms with Crippen LogP contribution in [0.2, 0.25) is 5.02 Å². The summed E-state index contributed by atoms with van der Waals surface area (Å²) in [5.41, 5.74) is 2.29. The molecule has 0 heterocycles. The number of halogens is 1. The summed E-state index contributed by atoms with van der Waals surface area (Å²) in [4.78, 5) is 0. The summed E-state index contributed by atoms with van der Waals surface area (Å²) in [6.45, 7) is 0.608. The Morgan fingerprint density at radius 3 is 2.57 bits per heavy atom. The molecule has 3 rings (SSSR count). The van der Waals surface area contributed by atoms with E-state index in [1.54, 1.807) is 0 Å². The molecule has 0 aromatic heterocycles. The molecule has 0 radical (unpaired) electrons. The van der Waals surface area contributed by atoms with Gasteiger partial charge in [-0.05, 0) is 42.0 Å². The van der Waals surface area contributed by atoms with E-state index in [1.165, 1.54) is 5.56 Å². The van der Waals surface area contributed by atoms with Gasteiger partial charge in [-0.25, -0.2) is 0 Å². The van der Waals surface area contributed by atoms with Crippen molar-refractivity contribution in [1.29, 1.82) is 0 Å². The van der Waals surface area contributed by atoms with Crippen LogP contribution in [0.3, 0.4) is 0 Å². The fourth-order valence-electron chi connectivity index (χ4n) is 2.89. The number of hydrogen-bond donors (Lipinski definition) is 2. The molecule has 2 nitrogen and oxygen atoms in total. The summed E-state index contributed by atoms with van der Waals surface area (Å²) >= 11 is 6.03. The molecule has 2 aromatic carbocycles. The van der Waals surface area contributed by atoms with Crippen molar-refractivity contribution in [2.45, 2.75) is 30.9 Å². The topological polar surface area (TPSA) is 32.3 Å². The van der Waals surface area contributed by atoms with Crippen LogP contribution in [0.1, 0.15) is 36.0 Å². The van der Waals surface area contributed by atoms with Gasteiger partial charge in [0.15, 0.2) is 0 Å². The summed E-state index contributed by atoms with van der Waals surface area (Å²) in [5, 5.41) is 14.4. The Labute approximate surface area is 130 Å². The number of benzene rings is 2. The van der Waals surface area contributed by atoms with Gasteiger partial charge in [0.1, 0.15) is 0 Å². The molecule has 0 bridgehead atoms. The van der Waals surface area contributed by atoms with Gasteiger partial charge in [-0.2, -0.15) is 0 Å². The van der Waals surface area contributed by atoms with Gasteiger partial charge >= 0.3 is 0 Å². The van der Waals surface area contributed by atoms with Gasteiger partial charge < -0.3 is 10.4 Å². The second-order valence-corrected chi connectivity index (χ2v) is 6.19. The molecule has 2 aromatic rings. The first-order valence-corrected chi connectivity index (χ1v) is 7.82. The number of rotatable bonds is 5. The Morgan fingerprint density at radius 1 is 1.10 bits per heavy atom. The largest absolute Gasteiger partial charge is 0.387 e. The molecule has 0 amide bonds. The molecule has 1 saturated carbocycles. The highest BCUT2D eigenvalue weighted by atomic mass is 35.5. The van der Waals surface area contributed by atoms with E-state index in [-0.39, 0.29) is 0 Å². The maximum Gasteiger partial charge on any atom is 0.0914 e. The molecule has 1 unspecified atom stereocenters. The van der Waals surface area contributed by atoms with E-state index >= 15 is 0 Å². The van der Waals surface area contributed by atoms with E-state index in [2.05, 4.69) is 17.4 Å². The van der Waals surface area contributed by atoms with E-state index < -0.39 is 6.10 Å². The number of hydrogen-bond acceptors (Lipinski definition) is 2. The fraction of sp³-hybridized carbons (Fsp3) is 0.333. The molecule has 21 heavy (non-hydrogen) atoms. The smallest absolute Gasteiger partial charge is 0.0914 e. The first kappa shape index (κ1) is 14.6. The SMILES string of the molecule is OC(CNC1CC(c2cccc(Cl)c2)C1)c1ccccc1. The van der Waals surface area contributed by atoms with Gasteiger partial charge in [-0.3, -0.25) is 0 Å². The summed E-state index contributed by atoms with van der Waals surface area (Å²) in [7, 11) is 0. The van der Waals surface area contributed by atoms with Crippen molar-refractivity contribution in [3.8, 4) is 0 Å². The predicted octanol–water partition coefficient (Wildman–Crippen LogP) is 3.91. The summed E-state index contributed by atoms with van der Waals surface area (Å²) < 4.78 is 0. The van der Waals surface area contributed by atoms with Crippen molar-refractivity contribution in [1.82, 2.24) is 5.32 Å². The highest BCUT2D eigenvalue weighted by molar-refractivity contribution is 6.30. The Kier molecular flexibility index (Phi) is 4.59. The Morgan fingerprint density at radius 2 is 1.86 bits per heavy atom. The van der Waals surface area contributed by atoms with Gasteiger partial charge in [0.2, 0.25) is 0 Å². The summed E-state index contributed by atoms with van der Waals surface area (Å²) in [6, 6.07) is 18.4. The molecule has 1 aliphatic rings. The van der Waals surface area contributed by atoms with E-state index in [1.807, 2.05) is 42.5 Å². The minimum atomic E-state index is -0.434. The Bertz CT molecular complexity index is 581. The van der Waals surface area contributed by atoms with Crippen molar-refractivity contribution in [3.63, 3.8) is 0 Å². The van der Waals surface area contributed by atoms with Gasteiger partial charge in [-0.15, -0.1) is 0 Å². The van der Waals surface area contributed by atoms with Crippen LogP contribution in [0.15, 0.2) is 54.6 Å². The van der Waals surface area contributed by atoms with Gasteiger partial charge in [0.25, 0.3) is 0 Å². The third-order valence-corrected chi connectivity index (χ3v) is 4.48. The monoisotopic (exact) mass is 301 g/mol. The quantitative estimate of drug-likeness (QED) is 0.877. The minimum absolute atomic E-state index is 0.434. The van der Waals surface area contributed by atoms with Crippen molar-refractivity contribution < 1.29 is 5.11 Å². The lowest BCUT2D eigenvalue weighted by atomic mass is 9.76.